The van der Waals surface area contributed by atoms with E-state index in [2.05, 4.69) is 15.2 Å². The summed E-state index contributed by atoms with van der Waals surface area (Å²) in [6.45, 7) is 2.01. The average molecular weight is 401 g/mol. The number of nitrogens with one attached hydrogen (secondary N) is 1. The SMILES string of the molecule is COc1ccc(NC(=O)c2cc3c(N4CCCC4)nc(SC)nc3s2)cc1. The lowest BCUT2D eigenvalue weighted by Gasteiger charge is -2.17. The Morgan fingerprint density at radius 1 is 1.22 bits per heavy atom. The number of thioether (sulfide) groups is 1. The topological polar surface area (TPSA) is 67.3 Å². The number of rotatable bonds is 5. The van der Waals surface area contributed by atoms with Gasteiger partial charge in [-0.2, -0.15) is 0 Å². The molecular weight excluding hydrogens is 380 g/mol. The molecule has 0 saturated carbocycles. The number of ether oxygens (including phenoxy) is 1. The molecule has 6 nitrogen and oxygen atoms in total. The fraction of sp³-hybridized carbons (Fsp3) is 0.316. The van der Waals surface area contributed by atoms with Gasteiger partial charge in [-0.05, 0) is 49.4 Å². The van der Waals surface area contributed by atoms with Crippen LogP contribution in [0.25, 0.3) is 10.2 Å². The van der Waals surface area contributed by atoms with Crippen LogP contribution >= 0.6 is 23.1 Å². The highest BCUT2D eigenvalue weighted by atomic mass is 32.2. The Labute approximate surface area is 166 Å². The van der Waals surface area contributed by atoms with E-state index in [9.17, 15) is 4.79 Å². The van der Waals surface area contributed by atoms with Gasteiger partial charge in [-0.15, -0.1) is 11.3 Å². The summed E-state index contributed by atoms with van der Waals surface area (Å²) in [6, 6.07) is 9.21. The van der Waals surface area contributed by atoms with Crippen molar-refractivity contribution in [2.45, 2.75) is 18.0 Å². The third-order valence-corrected chi connectivity index (χ3v) is 6.09. The van der Waals surface area contributed by atoms with Gasteiger partial charge in [-0.3, -0.25) is 4.79 Å². The van der Waals surface area contributed by atoms with Gasteiger partial charge in [-0.25, -0.2) is 9.97 Å². The Morgan fingerprint density at radius 2 is 1.96 bits per heavy atom. The van der Waals surface area contributed by atoms with Gasteiger partial charge >= 0.3 is 0 Å². The van der Waals surface area contributed by atoms with Crippen LogP contribution in [0.1, 0.15) is 22.5 Å². The van der Waals surface area contributed by atoms with Crippen molar-refractivity contribution in [3.8, 4) is 5.75 Å². The molecule has 0 spiro atoms. The minimum atomic E-state index is -0.138. The van der Waals surface area contributed by atoms with E-state index in [1.807, 2.05) is 36.6 Å². The van der Waals surface area contributed by atoms with Crippen LogP contribution in [0, 0.1) is 0 Å². The van der Waals surface area contributed by atoms with Gasteiger partial charge in [-0.1, -0.05) is 11.8 Å². The summed E-state index contributed by atoms with van der Waals surface area (Å²) in [5.41, 5.74) is 0.730. The summed E-state index contributed by atoms with van der Waals surface area (Å²) < 4.78 is 5.15. The molecule has 1 aliphatic rings. The van der Waals surface area contributed by atoms with Crippen LogP contribution in [0.4, 0.5) is 11.5 Å². The van der Waals surface area contributed by atoms with Gasteiger partial charge in [0.05, 0.1) is 17.4 Å². The molecular formula is C19H20N4O2S2. The van der Waals surface area contributed by atoms with E-state index in [1.54, 1.807) is 7.11 Å². The molecule has 1 aliphatic heterocycles. The van der Waals surface area contributed by atoms with Crippen molar-refractivity contribution in [3.05, 3.63) is 35.2 Å². The normalized spacial score (nSPS) is 13.9. The number of amides is 1. The van der Waals surface area contributed by atoms with E-state index < -0.39 is 0 Å². The van der Waals surface area contributed by atoms with Crippen molar-refractivity contribution in [1.82, 2.24) is 9.97 Å². The number of benzene rings is 1. The van der Waals surface area contributed by atoms with Gasteiger partial charge < -0.3 is 15.0 Å². The molecule has 0 unspecified atom stereocenters. The molecule has 8 heteroatoms. The van der Waals surface area contributed by atoms with Gasteiger partial charge in [0.1, 0.15) is 16.4 Å². The van der Waals surface area contributed by atoms with Crippen molar-refractivity contribution >= 4 is 50.7 Å². The maximum atomic E-state index is 12.7. The third-order valence-electron chi connectivity index (χ3n) is 4.51. The maximum Gasteiger partial charge on any atom is 0.265 e. The Balaban J connectivity index is 1.65. The molecule has 0 radical (unpaired) electrons. The van der Waals surface area contributed by atoms with Crippen molar-refractivity contribution in [1.29, 1.82) is 0 Å². The number of carbonyl (C=O) groups excluding carboxylic acids is 1. The molecule has 27 heavy (non-hydrogen) atoms. The van der Waals surface area contributed by atoms with E-state index in [-0.39, 0.29) is 5.91 Å². The number of anilines is 2. The molecule has 140 valence electrons. The largest absolute Gasteiger partial charge is 0.497 e. The summed E-state index contributed by atoms with van der Waals surface area (Å²) in [5.74, 6) is 1.56. The minimum absolute atomic E-state index is 0.138. The highest BCUT2D eigenvalue weighted by molar-refractivity contribution is 7.98. The molecule has 4 rings (SSSR count). The number of aromatic nitrogens is 2. The van der Waals surface area contributed by atoms with Gasteiger partial charge in [0.15, 0.2) is 5.16 Å². The standard InChI is InChI=1S/C19H20N4O2S2/c1-25-13-7-5-12(6-8-13)20-17(24)15-11-14-16(23-9-3-4-10-23)21-19(26-2)22-18(14)27-15/h5-8,11H,3-4,9-10H2,1-2H3,(H,20,24). The number of nitrogens with zero attached hydrogens (tertiary/aromatic N) is 3. The fourth-order valence-electron chi connectivity index (χ4n) is 3.13. The highest BCUT2D eigenvalue weighted by Gasteiger charge is 2.21. The predicted molar refractivity (Wildman–Crippen MR) is 112 cm³/mol. The summed E-state index contributed by atoms with van der Waals surface area (Å²) in [4.78, 5) is 25.8. The zero-order valence-electron chi connectivity index (χ0n) is 15.2. The van der Waals surface area contributed by atoms with Crippen LogP contribution in [-0.4, -0.2) is 42.3 Å². The average Bonchev–Trinajstić information content (AvgIpc) is 3.37. The van der Waals surface area contributed by atoms with Crippen LogP contribution in [0.2, 0.25) is 0 Å². The first-order valence-corrected chi connectivity index (χ1v) is 10.8. The van der Waals surface area contributed by atoms with Gasteiger partial charge in [0, 0.05) is 18.8 Å². The lowest BCUT2D eigenvalue weighted by atomic mass is 10.3. The van der Waals surface area contributed by atoms with Crippen molar-refractivity contribution < 1.29 is 9.53 Å². The Hall–Kier alpha value is -2.32. The quantitative estimate of drug-likeness (QED) is 0.509. The van der Waals surface area contributed by atoms with Crippen LogP contribution < -0.4 is 15.0 Å². The third kappa shape index (κ3) is 3.72. The predicted octanol–water partition coefficient (Wildman–Crippen LogP) is 4.27. The number of carbonyl (C=O) groups is 1. The highest BCUT2D eigenvalue weighted by Crippen LogP contribution is 2.34. The molecule has 0 aliphatic carbocycles. The fourth-order valence-corrected chi connectivity index (χ4v) is 4.47. The van der Waals surface area contributed by atoms with E-state index in [0.717, 1.165) is 45.7 Å². The van der Waals surface area contributed by atoms with E-state index in [4.69, 9.17) is 9.72 Å². The van der Waals surface area contributed by atoms with Crippen molar-refractivity contribution in [3.63, 3.8) is 0 Å². The second-order valence-corrected chi connectivity index (χ2v) is 8.04. The van der Waals surface area contributed by atoms with Crippen molar-refractivity contribution in [2.75, 3.05) is 36.7 Å². The number of fused-ring (bicyclic) bond motifs is 1. The summed E-state index contributed by atoms with van der Waals surface area (Å²) >= 11 is 2.93. The first kappa shape index (κ1) is 18.1. The lowest BCUT2D eigenvalue weighted by Crippen LogP contribution is -2.19. The molecule has 3 aromatic rings. The van der Waals surface area contributed by atoms with E-state index in [0.29, 0.717) is 4.88 Å². The molecule has 1 saturated heterocycles. The first-order valence-electron chi connectivity index (χ1n) is 8.74. The zero-order chi connectivity index (χ0) is 18.8. The number of thiophene rings is 1. The first-order chi connectivity index (χ1) is 13.2. The Bertz CT molecular complexity index is 966. The Kier molecular flexibility index (Phi) is 5.18. The van der Waals surface area contributed by atoms with Crippen molar-refractivity contribution in [2.24, 2.45) is 0 Å². The van der Waals surface area contributed by atoms with Crippen LogP contribution in [0.5, 0.6) is 5.75 Å². The molecule has 0 bridgehead atoms. The maximum absolute atomic E-state index is 12.7. The van der Waals surface area contributed by atoms with Crippen LogP contribution in [0.15, 0.2) is 35.5 Å². The second kappa shape index (κ2) is 7.74. The molecule has 1 amide bonds. The number of methoxy groups -OCH3 is 1. The molecule has 1 N–H and O–H groups in total. The summed E-state index contributed by atoms with van der Waals surface area (Å²) in [5, 5.41) is 4.64. The van der Waals surface area contributed by atoms with Crippen LogP contribution in [0.3, 0.4) is 0 Å². The molecule has 0 atom stereocenters. The summed E-state index contributed by atoms with van der Waals surface area (Å²) in [7, 11) is 1.62. The van der Waals surface area contributed by atoms with Gasteiger partial charge in [0.25, 0.3) is 5.91 Å². The van der Waals surface area contributed by atoms with E-state index in [1.165, 1.54) is 35.9 Å². The monoisotopic (exact) mass is 400 g/mol. The van der Waals surface area contributed by atoms with Crippen LogP contribution in [-0.2, 0) is 0 Å². The number of hydrogen-bond donors (Lipinski definition) is 1. The molecule has 3 heterocycles. The second-order valence-electron chi connectivity index (χ2n) is 6.24. The lowest BCUT2D eigenvalue weighted by molar-refractivity contribution is 0.103. The minimum Gasteiger partial charge on any atom is -0.497 e. The Morgan fingerprint density at radius 3 is 2.63 bits per heavy atom. The molecule has 2 aromatic heterocycles. The smallest absolute Gasteiger partial charge is 0.265 e. The number of hydrogen-bond acceptors (Lipinski definition) is 7. The van der Waals surface area contributed by atoms with Gasteiger partial charge in [0.2, 0.25) is 0 Å². The molecule has 1 aromatic carbocycles. The zero-order valence-corrected chi connectivity index (χ0v) is 16.8. The molecule has 1 fully saturated rings. The summed E-state index contributed by atoms with van der Waals surface area (Å²) in [6.07, 6.45) is 4.32. The van der Waals surface area contributed by atoms with E-state index >= 15 is 0 Å².